The number of alkyl halides is 2. The molecule has 2 bridgehead atoms. The van der Waals surface area contributed by atoms with Crippen molar-refractivity contribution in [3.8, 4) is 0 Å². The van der Waals surface area contributed by atoms with Crippen molar-refractivity contribution in [1.29, 1.82) is 0 Å². The molecule has 3 aliphatic rings. The summed E-state index contributed by atoms with van der Waals surface area (Å²) in [5.41, 5.74) is 0. The molecule has 1 N–H and O–H groups in total. The van der Waals surface area contributed by atoms with Gasteiger partial charge < -0.3 is 0 Å². The van der Waals surface area contributed by atoms with Crippen molar-refractivity contribution < 1.29 is 9.59 Å². The molecule has 1 aliphatic heterocycles. The van der Waals surface area contributed by atoms with Gasteiger partial charge in [-0.1, -0.05) is 31.9 Å². The molecular weight excluding hydrogens is 314 g/mol. The van der Waals surface area contributed by atoms with Crippen molar-refractivity contribution in [2.75, 3.05) is 0 Å². The summed E-state index contributed by atoms with van der Waals surface area (Å²) < 4.78 is -0.883. The molecule has 0 aromatic rings. The second kappa shape index (κ2) is 2.43. The van der Waals surface area contributed by atoms with E-state index in [1.54, 1.807) is 0 Å². The molecule has 76 valence electrons. The Morgan fingerprint density at radius 3 is 2.71 bits per heavy atom. The molecule has 3 fully saturated rings. The Morgan fingerprint density at radius 1 is 1.36 bits per heavy atom. The lowest BCUT2D eigenvalue weighted by Gasteiger charge is -2.35. The first-order valence-corrected chi connectivity index (χ1v) is 6.31. The first kappa shape index (κ1) is 9.33. The van der Waals surface area contributed by atoms with Gasteiger partial charge >= 0.3 is 0 Å². The van der Waals surface area contributed by atoms with Gasteiger partial charge in [-0.3, -0.25) is 14.9 Å². The van der Waals surface area contributed by atoms with Gasteiger partial charge in [-0.2, -0.15) is 0 Å². The Kier molecular flexibility index (Phi) is 1.62. The van der Waals surface area contributed by atoms with Crippen molar-refractivity contribution in [1.82, 2.24) is 5.32 Å². The van der Waals surface area contributed by atoms with Crippen LogP contribution in [-0.2, 0) is 9.59 Å². The van der Waals surface area contributed by atoms with Crippen molar-refractivity contribution in [3.63, 3.8) is 0 Å². The lowest BCUT2D eigenvalue weighted by atomic mass is 9.81. The number of hydrogen-bond donors (Lipinski definition) is 1. The van der Waals surface area contributed by atoms with Crippen LogP contribution in [-0.4, -0.2) is 20.5 Å². The summed E-state index contributed by atoms with van der Waals surface area (Å²) in [5.74, 6) is -0.0622. The summed E-state index contributed by atoms with van der Waals surface area (Å²) in [5, 5.41) is 2.43. The Hall–Kier alpha value is 0.1000. The molecule has 14 heavy (non-hydrogen) atoms. The molecule has 2 aliphatic carbocycles. The average Bonchev–Trinajstić information content (AvgIpc) is 2.63. The highest BCUT2D eigenvalue weighted by Gasteiger charge is 2.74. The molecule has 3 nitrogen and oxygen atoms in total. The van der Waals surface area contributed by atoms with Crippen LogP contribution in [0.15, 0.2) is 0 Å². The van der Waals surface area contributed by atoms with Crippen LogP contribution >= 0.6 is 31.9 Å². The summed E-state index contributed by atoms with van der Waals surface area (Å²) in [6, 6.07) is 0. The average molecular weight is 323 g/mol. The monoisotopic (exact) mass is 321 g/mol. The summed E-state index contributed by atoms with van der Waals surface area (Å²) in [4.78, 5) is 23.4. The molecule has 1 heterocycles. The SMILES string of the molecule is O=C1NC(=O)C2(Br)C1C1CCC2(Br)C1. The first-order valence-electron chi connectivity index (χ1n) is 4.72. The van der Waals surface area contributed by atoms with E-state index in [0.29, 0.717) is 5.92 Å². The summed E-state index contributed by atoms with van der Waals surface area (Å²) >= 11 is 7.17. The van der Waals surface area contributed by atoms with E-state index < -0.39 is 4.32 Å². The van der Waals surface area contributed by atoms with Crippen LogP contribution in [0, 0.1) is 11.8 Å². The molecule has 4 unspecified atom stereocenters. The lowest BCUT2D eigenvalue weighted by molar-refractivity contribution is -0.126. The fourth-order valence-electron chi connectivity index (χ4n) is 3.27. The van der Waals surface area contributed by atoms with Gasteiger partial charge in [0.2, 0.25) is 11.8 Å². The number of carbonyl (C=O) groups excluding carboxylic acids is 2. The Bertz CT molecular complexity index is 359. The fraction of sp³-hybridized carbons (Fsp3) is 0.778. The second-order valence-electron chi connectivity index (χ2n) is 4.48. The number of nitrogens with one attached hydrogen (secondary N) is 1. The van der Waals surface area contributed by atoms with E-state index in [1.807, 2.05) is 0 Å². The first-order chi connectivity index (χ1) is 6.49. The molecule has 3 rings (SSSR count). The van der Waals surface area contributed by atoms with Gasteiger partial charge in [0.25, 0.3) is 0 Å². The van der Waals surface area contributed by atoms with Crippen molar-refractivity contribution in [3.05, 3.63) is 0 Å². The minimum atomic E-state index is -0.681. The molecule has 1 saturated heterocycles. The van der Waals surface area contributed by atoms with Gasteiger partial charge in [0, 0.05) is 0 Å². The predicted octanol–water partition coefficient (Wildman–Crippen LogP) is 1.34. The third kappa shape index (κ3) is 0.767. The molecular formula is C9H9Br2NO2. The minimum Gasteiger partial charge on any atom is -0.295 e. The molecule has 0 radical (unpaired) electrons. The number of hydrogen-bond acceptors (Lipinski definition) is 2. The largest absolute Gasteiger partial charge is 0.295 e. The van der Waals surface area contributed by atoms with Crippen LogP contribution < -0.4 is 5.32 Å². The molecule has 2 amide bonds. The Balaban J connectivity index is 2.18. The zero-order valence-electron chi connectivity index (χ0n) is 7.35. The minimum absolute atomic E-state index is 0.0992. The van der Waals surface area contributed by atoms with Crippen LogP contribution in [0.4, 0.5) is 0 Å². The maximum atomic E-state index is 11.8. The van der Waals surface area contributed by atoms with Crippen LogP contribution in [0.1, 0.15) is 19.3 Å². The molecule has 0 aromatic heterocycles. The van der Waals surface area contributed by atoms with Crippen molar-refractivity contribution >= 4 is 43.7 Å². The van der Waals surface area contributed by atoms with Gasteiger partial charge in [-0.05, 0) is 25.2 Å². The van der Waals surface area contributed by atoms with Crippen LogP contribution in [0.3, 0.4) is 0 Å². The maximum Gasteiger partial charge on any atom is 0.245 e. The zero-order chi connectivity index (χ0) is 10.1. The molecule has 4 atom stereocenters. The van der Waals surface area contributed by atoms with E-state index in [0.717, 1.165) is 19.3 Å². The summed E-state index contributed by atoms with van der Waals surface area (Å²) in [7, 11) is 0. The van der Waals surface area contributed by atoms with E-state index >= 15 is 0 Å². The zero-order valence-corrected chi connectivity index (χ0v) is 10.5. The maximum absolute atomic E-state index is 11.8. The topological polar surface area (TPSA) is 46.2 Å². The molecule has 0 aromatic carbocycles. The highest BCUT2D eigenvalue weighted by atomic mass is 79.9. The highest BCUT2D eigenvalue weighted by molar-refractivity contribution is 9.13. The number of halogens is 2. The van der Waals surface area contributed by atoms with E-state index in [4.69, 9.17) is 0 Å². The van der Waals surface area contributed by atoms with Crippen molar-refractivity contribution in [2.24, 2.45) is 11.8 Å². The molecule has 2 saturated carbocycles. The third-order valence-electron chi connectivity index (χ3n) is 3.90. The van der Waals surface area contributed by atoms with E-state index in [9.17, 15) is 9.59 Å². The van der Waals surface area contributed by atoms with E-state index in [1.165, 1.54) is 0 Å². The third-order valence-corrected chi connectivity index (χ3v) is 7.39. The van der Waals surface area contributed by atoms with Gasteiger partial charge in [-0.15, -0.1) is 0 Å². The van der Waals surface area contributed by atoms with E-state index in [-0.39, 0.29) is 22.1 Å². The molecule has 5 heteroatoms. The highest BCUT2D eigenvalue weighted by Crippen LogP contribution is 2.66. The lowest BCUT2D eigenvalue weighted by Crippen LogP contribution is -2.50. The smallest absolute Gasteiger partial charge is 0.245 e. The Morgan fingerprint density at radius 2 is 2.07 bits per heavy atom. The molecule has 0 spiro atoms. The van der Waals surface area contributed by atoms with Gasteiger partial charge in [0.15, 0.2) is 0 Å². The van der Waals surface area contributed by atoms with Crippen LogP contribution in [0.5, 0.6) is 0 Å². The van der Waals surface area contributed by atoms with Crippen molar-refractivity contribution in [2.45, 2.75) is 27.9 Å². The summed E-state index contributed by atoms with van der Waals surface area (Å²) in [6.07, 6.45) is 2.95. The number of fused-ring (bicyclic) bond motifs is 5. The van der Waals surface area contributed by atoms with Gasteiger partial charge in [-0.25, -0.2) is 0 Å². The van der Waals surface area contributed by atoms with Crippen LogP contribution in [0.2, 0.25) is 0 Å². The second-order valence-corrected chi connectivity index (χ2v) is 7.24. The van der Waals surface area contributed by atoms with E-state index in [2.05, 4.69) is 37.2 Å². The van der Waals surface area contributed by atoms with Gasteiger partial charge in [0.1, 0.15) is 4.32 Å². The standard InChI is InChI=1S/C9H9Br2NO2/c10-8-2-1-4(3-8)5-6(13)12-7(14)9(5,8)11/h4-5H,1-3H2,(H,12,13,14). The number of rotatable bonds is 0. The van der Waals surface area contributed by atoms with Gasteiger partial charge in [0.05, 0.1) is 10.2 Å². The predicted molar refractivity (Wildman–Crippen MR) is 57.3 cm³/mol. The number of carbonyl (C=O) groups is 2. The fourth-order valence-corrected chi connectivity index (χ4v) is 5.38. The quantitative estimate of drug-likeness (QED) is 0.540. The Labute approximate surface area is 98.2 Å². The van der Waals surface area contributed by atoms with Crippen LogP contribution in [0.25, 0.3) is 0 Å². The normalized spacial score (nSPS) is 55.0. The number of amides is 2. The number of imide groups is 1. The summed E-state index contributed by atoms with van der Waals surface area (Å²) in [6.45, 7) is 0.